The van der Waals surface area contributed by atoms with Gasteiger partial charge in [0.15, 0.2) is 5.69 Å². The number of hydrogen-bond acceptors (Lipinski definition) is 3. The SMILES string of the molecule is CCCc1[nH]nc(C(=O)N2CCC(C)(CC)CC2)c1N. The molecule has 1 saturated heterocycles. The largest absolute Gasteiger partial charge is 0.395 e. The molecule has 1 fully saturated rings. The van der Waals surface area contributed by atoms with Crippen LogP contribution in [0, 0.1) is 5.41 Å². The number of aromatic nitrogens is 2. The number of nitrogen functional groups attached to an aromatic ring is 1. The van der Waals surface area contributed by atoms with E-state index in [-0.39, 0.29) is 5.91 Å². The second kappa shape index (κ2) is 5.85. The molecule has 1 aromatic rings. The first-order chi connectivity index (χ1) is 9.50. The summed E-state index contributed by atoms with van der Waals surface area (Å²) in [5.74, 6) is -0.0285. The van der Waals surface area contributed by atoms with E-state index in [2.05, 4.69) is 31.0 Å². The molecular formula is C15H26N4O. The van der Waals surface area contributed by atoms with Crippen LogP contribution in [0.4, 0.5) is 5.69 Å². The highest BCUT2D eigenvalue weighted by Crippen LogP contribution is 2.34. The Morgan fingerprint density at radius 2 is 2.05 bits per heavy atom. The number of nitrogens with one attached hydrogen (secondary N) is 1. The molecule has 1 aliphatic heterocycles. The molecule has 0 saturated carbocycles. The predicted molar refractivity (Wildman–Crippen MR) is 80.5 cm³/mol. The van der Waals surface area contributed by atoms with Crippen molar-refractivity contribution in [1.82, 2.24) is 15.1 Å². The lowest BCUT2D eigenvalue weighted by molar-refractivity contribution is 0.0595. The van der Waals surface area contributed by atoms with Crippen LogP contribution in [-0.4, -0.2) is 34.1 Å². The Labute approximate surface area is 120 Å². The van der Waals surface area contributed by atoms with E-state index < -0.39 is 0 Å². The molecule has 2 heterocycles. The molecular weight excluding hydrogens is 252 g/mol. The Hall–Kier alpha value is -1.52. The molecule has 3 N–H and O–H groups in total. The summed E-state index contributed by atoms with van der Waals surface area (Å²) in [5, 5.41) is 7.02. The standard InChI is InChI=1S/C15H26N4O/c1-4-6-11-12(16)13(18-17-11)14(20)19-9-7-15(3,5-2)8-10-19/h4-10,16H2,1-3H3,(H,17,18). The van der Waals surface area contributed by atoms with E-state index in [1.54, 1.807) is 0 Å². The normalized spacial score (nSPS) is 18.2. The Morgan fingerprint density at radius 3 is 2.60 bits per heavy atom. The zero-order valence-corrected chi connectivity index (χ0v) is 12.8. The van der Waals surface area contributed by atoms with Gasteiger partial charge in [-0.2, -0.15) is 5.10 Å². The van der Waals surface area contributed by atoms with Crippen molar-refractivity contribution in [3.63, 3.8) is 0 Å². The molecule has 0 radical (unpaired) electrons. The third-order valence-corrected chi connectivity index (χ3v) is 4.70. The molecule has 0 unspecified atom stereocenters. The van der Waals surface area contributed by atoms with Crippen molar-refractivity contribution < 1.29 is 4.79 Å². The Kier molecular flexibility index (Phi) is 4.35. The third-order valence-electron chi connectivity index (χ3n) is 4.70. The molecule has 0 spiro atoms. The van der Waals surface area contributed by atoms with Crippen molar-refractivity contribution in [3.05, 3.63) is 11.4 Å². The lowest BCUT2D eigenvalue weighted by atomic mass is 9.78. The van der Waals surface area contributed by atoms with Gasteiger partial charge in [0.05, 0.1) is 11.4 Å². The van der Waals surface area contributed by atoms with Gasteiger partial charge in [0.2, 0.25) is 0 Å². The van der Waals surface area contributed by atoms with E-state index in [0.717, 1.165) is 44.5 Å². The van der Waals surface area contributed by atoms with E-state index in [1.165, 1.54) is 6.42 Å². The maximum Gasteiger partial charge on any atom is 0.276 e. The quantitative estimate of drug-likeness (QED) is 0.889. The molecule has 1 amide bonds. The van der Waals surface area contributed by atoms with Crippen LogP contribution < -0.4 is 5.73 Å². The summed E-state index contributed by atoms with van der Waals surface area (Å²) < 4.78 is 0. The maximum absolute atomic E-state index is 12.5. The first-order valence-electron chi connectivity index (χ1n) is 7.62. The first kappa shape index (κ1) is 14.9. The lowest BCUT2D eigenvalue weighted by Crippen LogP contribution is -2.42. The van der Waals surface area contributed by atoms with Crippen molar-refractivity contribution in [2.75, 3.05) is 18.8 Å². The highest BCUT2D eigenvalue weighted by molar-refractivity contribution is 5.97. The summed E-state index contributed by atoms with van der Waals surface area (Å²) >= 11 is 0. The molecule has 20 heavy (non-hydrogen) atoms. The highest BCUT2D eigenvalue weighted by Gasteiger charge is 2.32. The van der Waals surface area contributed by atoms with Gasteiger partial charge < -0.3 is 10.6 Å². The molecule has 0 atom stereocenters. The lowest BCUT2D eigenvalue weighted by Gasteiger charge is -2.38. The number of amides is 1. The number of nitrogens with zero attached hydrogens (tertiary/aromatic N) is 2. The zero-order valence-electron chi connectivity index (χ0n) is 12.8. The number of piperidine rings is 1. The number of H-pyrrole nitrogens is 1. The summed E-state index contributed by atoms with van der Waals surface area (Å²) in [7, 11) is 0. The van der Waals surface area contributed by atoms with Crippen molar-refractivity contribution in [1.29, 1.82) is 0 Å². The van der Waals surface area contributed by atoms with Crippen LogP contribution in [-0.2, 0) is 6.42 Å². The van der Waals surface area contributed by atoms with Gasteiger partial charge >= 0.3 is 0 Å². The third kappa shape index (κ3) is 2.81. The Bertz CT molecular complexity index is 472. The van der Waals surface area contributed by atoms with Gasteiger partial charge in [0.1, 0.15) is 0 Å². The van der Waals surface area contributed by atoms with Gasteiger partial charge in [-0.15, -0.1) is 0 Å². The van der Waals surface area contributed by atoms with Crippen molar-refractivity contribution >= 4 is 11.6 Å². The Morgan fingerprint density at radius 1 is 1.40 bits per heavy atom. The average Bonchev–Trinajstić information content (AvgIpc) is 2.81. The van der Waals surface area contributed by atoms with Crippen LogP contribution in [0.5, 0.6) is 0 Å². The van der Waals surface area contributed by atoms with Crippen LogP contribution >= 0.6 is 0 Å². The highest BCUT2D eigenvalue weighted by atomic mass is 16.2. The van der Waals surface area contributed by atoms with Crippen LogP contribution in [0.2, 0.25) is 0 Å². The smallest absolute Gasteiger partial charge is 0.276 e. The summed E-state index contributed by atoms with van der Waals surface area (Å²) in [6.45, 7) is 8.21. The fourth-order valence-corrected chi connectivity index (χ4v) is 2.74. The monoisotopic (exact) mass is 278 g/mol. The van der Waals surface area contributed by atoms with Crippen molar-refractivity contribution in [3.8, 4) is 0 Å². The second-order valence-electron chi connectivity index (χ2n) is 6.17. The number of aromatic amines is 1. The van der Waals surface area contributed by atoms with Gasteiger partial charge in [-0.1, -0.05) is 33.6 Å². The number of aryl methyl sites for hydroxylation is 1. The van der Waals surface area contributed by atoms with Crippen LogP contribution in [0.3, 0.4) is 0 Å². The molecule has 5 nitrogen and oxygen atoms in total. The minimum absolute atomic E-state index is 0.0285. The molecule has 0 bridgehead atoms. The number of carbonyl (C=O) groups is 1. The summed E-state index contributed by atoms with van der Waals surface area (Å²) in [6, 6.07) is 0. The van der Waals surface area contributed by atoms with E-state index in [9.17, 15) is 4.79 Å². The molecule has 0 aromatic carbocycles. The van der Waals surface area contributed by atoms with Gasteiger partial charge in [0, 0.05) is 13.1 Å². The zero-order chi connectivity index (χ0) is 14.8. The van der Waals surface area contributed by atoms with Crippen LogP contribution in [0.25, 0.3) is 0 Å². The van der Waals surface area contributed by atoms with E-state index in [0.29, 0.717) is 16.8 Å². The number of nitrogens with two attached hydrogens (primary N) is 1. The van der Waals surface area contributed by atoms with Crippen molar-refractivity contribution in [2.24, 2.45) is 5.41 Å². The van der Waals surface area contributed by atoms with Crippen LogP contribution in [0.1, 0.15) is 62.6 Å². The number of hydrogen-bond donors (Lipinski definition) is 2. The Balaban J connectivity index is 2.06. The van der Waals surface area contributed by atoms with E-state index in [1.807, 2.05) is 4.90 Å². The summed E-state index contributed by atoms with van der Waals surface area (Å²) in [6.07, 6.45) is 5.10. The number of anilines is 1. The van der Waals surface area contributed by atoms with Crippen LogP contribution in [0.15, 0.2) is 0 Å². The predicted octanol–water partition coefficient (Wildman–Crippen LogP) is 2.60. The van der Waals surface area contributed by atoms with Gasteiger partial charge in [-0.3, -0.25) is 9.89 Å². The molecule has 1 aliphatic rings. The maximum atomic E-state index is 12.5. The van der Waals surface area contributed by atoms with E-state index in [4.69, 9.17) is 5.73 Å². The first-order valence-corrected chi connectivity index (χ1v) is 7.62. The van der Waals surface area contributed by atoms with E-state index >= 15 is 0 Å². The number of rotatable bonds is 4. The fraction of sp³-hybridized carbons (Fsp3) is 0.733. The fourth-order valence-electron chi connectivity index (χ4n) is 2.74. The van der Waals surface area contributed by atoms with Gasteiger partial charge in [-0.25, -0.2) is 0 Å². The van der Waals surface area contributed by atoms with Gasteiger partial charge in [-0.05, 0) is 24.7 Å². The minimum atomic E-state index is -0.0285. The average molecular weight is 278 g/mol. The number of carbonyl (C=O) groups excluding carboxylic acids is 1. The van der Waals surface area contributed by atoms with Crippen molar-refractivity contribution in [2.45, 2.75) is 52.9 Å². The topological polar surface area (TPSA) is 75.0 Å². The summed E-state index contributed by atoms with van der Waals surface area (Å²) in [4.78, 5) is 14.4. The molecule has 1 aromatic heterocycles. The summed E-state index contributed by atoms with van der Waals surface area (Å²) in [5.41, 5.74) is 8.22. The minimum Gasteiger partial charge on any atom is -0.395 e. The second-order valence-corrected chi connectivity index (χ2v) is 6.17. The molecule has 5 heteroatoms. The molecule has 112 valence electrons. The van der Waals surface area contributed by atoms with Gasteiger partial charge in [0.25, 0.3) is 5.91 Å². The number of likely N-dealkylation sites (tertiary alicyclic amines) is 1. The molecule has 0 aliphatic carbocycles. The molecule has 2 rings (SSSR count).